The average Bonchev–Trinajstić information content (AvgIpc) is 3.00. The number of rotatable bonds is 6. The maximum atomic E-state index is 4.48. The van der Waals surface area contributed by atoms with Crippen molar-refractivity contribution < 1.29 is 0 Å². The molecule has 0 aliphatic heterocycles. The number of nitrogens with zero attached hydrogens (tertiary/aromatic N) is 5. The molecule has 3 aromatic rings. The first-order valence-electron chi connectivity index (χ1n) is 6.80. The summed E-state index contributed by atoms with van der Waals surface area (Å²) in [6.45, 7) is 3.47. The molecule has 0 aliphatic carbocycles. The Hall–Kier alpha value is -2.77. The van der Waals surface area contributed by atoms with Crippen molar-refractivity contribution in [1.82, 2.24) is 29.9 Å². The van der Waals surface area contributed by atoms with Gasteiger partial charge in [0.15, 0.2) is 11.5 Å². The van der Waals surface area contributed by atoms with Crippen LogP contribution in [0.1, 0.15) is 19.0 Å². The standard InChI is InChI=1S/C13H16N8/c1-2-4-15-13-20-11(10-12(21-13)19-8-18-10)16-6-9-3-5-14-7-17-9/h3,5,7-8H,2,4,6H2,1H3,(H3,15,16,18,19,20,21). The molecule has 0 atom stereocenters. The van der Waals surface area contributed by atoms with E-state index in [1.807, 2.05) is 6.07 Å². The molecule has 21 heavy (non-hydrogen) atoms. The van der Waals surface area contributed by atoms with E-state index >= 15 is 0 Å². The minimum atomic E-state index is 0.556. The SMILES string of the molecule is CCCNc1nc(NCc2ccncn2)c2[nH]cnc2n1. The third kappa shape index (κ3) is 3.04. The highest BCUT2D eigenvalue weighted by Gasteiger charge is 2.09. The van der Waals surface area contributed by atoms with Crippen LogP contribution >= 0.6 is 0 Å². The maximum Gasteiger partial charge on any atom is 0.226 e. The molecule has 3 rings (SSSR count). The Morgan fingerprint density at radius 2 is 2.14 bits per heavy atom. The molecule has 108 valence electrons. The molecule has 0 saturated heterocycles. The van der Waals surface area contributed by atoms with Crippen molar-refractivity contribution in [1.29, 1.82) is 0 Å². The molecule has 3 heterocycles. The summed E-state index contributed by atoms with van der Waals surface area (Å²) in [5.41, 5.74) is 2.30. The summed E-state index contributed by atoms with van der Waals surface area (Å²) < 4.78 is 0. The van der Waals surface area contributed by atoms with E-state index in [4.69, 9.17) is 0 Å². The number of nitrogens with one attached hydrogen (secondary N) is 3. The molecule has 0 bridgehead atoms. The van der Waals surface area contributed by atoms with E-state index in [1.54, 1.807) is 12.5 Å². The van der Waals surface area contributed by atoms with E-state index in [1.165, 1.54) is 6.33 Å². The quantitative estimate of drug-likeness (QED) is 0.631. The second kappa shape index (κ2) is 6.12. The number of H-pyrrole nitrogens is 1. The largest absolute Gasteiger partial charge is 0.362 e. The second-order valence-electron chi connectivity index (χ2n) is 4.48. The molecule has 0 aromatic carbocycles. The van der Waals surface area contributed by atoms with Gasteiger partial charge in [0.2, 0.25) is 5.95 Å². The predicted octanol–water partition coefficient (Wildman–Crippen LogP) is 1.58. The fourth-order valence-corrected chi connectivity index (χ4v) is 1.87. The first-order chi connectivity index (χ1) is 10.4. The van der Waals surface area contributed by atoms with Crippen LogP contribution in [0, 0.1) is 0 Å². The van der Waals surface area contributed by atoms with Gasteiger partial charge >= 0.3 is 0 Å². The first kappa shape index (κ1) is 13.2. The van der Waals surface area contributed by atoms with E-state index in [-0.39, 0.29) is 0 Å². The third-order valence-corrected chi connectivity index (χ3v) is 2.90. The number of imidazole rings is 1. The molecule has 3 N–H and O–H groups in total. The van der Waals surface area contributed by atoms with Gasteiger partial charge in [-0.15, -0.1) is 0 Å². The number of aromatic nitrogens is 6. The molecule has 0 amide bonds. The average molecular weight is 284 g/mol. The summed E-state index contributed by atoms with van der Waals surface area (Å²) in [4.78, 5) is 24.1. The van der Waals surface area contributed by atoms with Crippen LogP contribution in [0.4, 0.5) is 11.8 Å². The maximum absolute atomic E-state index is 4.48. The van der Waals surface area contributed by atoms with Crippen LogP contribution in [0.25, 0.3) is 11.2 Å². The number of fused-ring (bicyclic) bond motifs is 1. The van der Waals surface area contributed by atoms with Crippen molar-refractivity contribution in [3.63, 3.8) is 0 Å². The number of aromatic amines is 1. The van der Waals surface area contributed by atoms with Crippen molar-refractivity contribution in [2.24, 2.45) is 0 Å². The highest BCUT2D eigenvalue weighted by Crippen LogP contribution is 2.19. The minimum absolute atomic E-state index is 0.556. The highest BCUT2D eigenvalue weighted by atomic mass is 15.2. The van der Waals surface area contributed by atoms with E-state index in [2.05, 4.69) is 47.5 Å². The summed E-state index contributed by atoms with van der Waals surface area (Å²) in [5, 5.41) is 6.43. The zero-order valence-electron chi connectivity index (χ0n) is 11.7. The zero-order chi connectivity index (χ0) is 14.5. The summed E-state index contributed by atoms with van der Waals surface area (Å²) in [5.74, 6) is 1.27. The number of anilines is 2. The van der Waals surface area contributed by atoms with Crippen molar-refractivity contribution in [2.75, 3.05) is 17.2 Å². The van der Waals surface area contributed by atoms with Gasteiger partial charge in [-0.25, -0.2) is 15.0 Å². The first-order valence-corrected chi connectivity index (χ1v) is 6.80. The molecule has 0 radical (unpaired) electrons. The van der Waals surface area contributed by atoms with Gasteiger partial charge in [0.1, 0.15) is 11.8 Å². The molecule has 0 fully saturated rings. The molecule has 0 aliphatic rings. The normalized spacial score (nSPS) is 10.7. The Morgan fingerprint density at radius 3 is 2.95 bits per heavy atom. The van der Waals surface area contributed by atoms with Gasteiger partial charge < -0.3 is 15.6 Å². The molecule has 3 aromatic heterocycles. The van der Waals surface area contributed by atoms with Crippen molar-refractivity contribution >= 4 is 22.9 Å². The van der Waals surface area contributed by atoms with Gasteiger partial charge in [-0.2, -0.15) is 9.97 Å². The fraction of sp³-hybridized carbons (Fsp3) is 0.308. The molecular formula is C13H16N8. The lowest BCUT2D eigenvalue weighted by Crippen LogP contribution is -2.09. The molecular weight excluding hydrogens is 268 g/mol. The van der Waals surface area contributed by atoms with Gasteiger partial charge in [0.25, 0.3) is 0 Å². The van der Waals surface area contributed by atoms with Crippen LogP contribution < -0.4 is 10.6 Å². The monoisotopic (exact) mass is 284 g/mol. The Labute approximate surface area is 121 Å². The Morgan fingerprint density at radius 1 is 1.19 bits per heavy atom. The minimum Gasteiger partial charge on any atom is -0.362 e. The topological polar surface area (TPSA) is 104 Å². The lowest BCUT2D eigenvalue weighted by Gasteiger charge is -2.08. The van der Waals surface area contributed by atoms with Crippen molar-refractivity contribution in [3.05, 3.63) is 30.6 Å². The van der Waals surface area contributed by atoms with Crippen LogP contribution in [0.15, 0.2) is 24.9 Å². The Balaban J connectivity index is 1.83. The van der Waals surface area contributed by atoms with Crippen LogP contribution in [0.3, 0.4) is 0 Å². The van der Waals surface area contributed by atoms with Gasteiger partial charge in [0, 0.05) is 12.7 Å². The van der Waals surface area contributed by atoms with E-state index < -0.39 is 0 Å². The van der Waals surface area contributed by atoms with E-state index in [0.29, 0.717) is 24.0 Å². The molecule has 0 unspecified atom stereocenters. The van der Waals surface area contributed by atoms with Gasteiger partial charge in [-0.3, -0.25) is 0 Å². The fourth-order valence-electron chi connectivity index (χ4n) is 1.87. The predicted molar refractivity (Wildman–Crippen MR) is 79.8 cm³/mol. The van der Waals surface area contributed by atoms with Crippen molar-refractivity contribution in [3.8, 4) is 0 Å². The Kier molecular flexibility index (Phi) is 3.85. The highest BCUT2D eigenvalue weighted by molar-refractivity contribution is 5.83. The number of hydrogen-bond acceptors (Lipinski definition) is 7. The van der Waals surface area contributed by atoms with E-state index in [0.717, 1.165) is 24.2 Å². The Bertz CT molecular complexity index is 709. The molecule has 8 nitrogen and oxygen atoms in total. The van der Waals surface area contributed by atoms with Gasteiger partial charge in [-0.05, 0) is 12.5 Å². The van der Waals surface area contributed by atoms with Crippen LogP contribution in [0.5, 0.6) is 0 Å². The van der Waals surface area contributed by atoms with Crippen molar-refractivity contribution in [2.45, 2.75) is 19.9 Å². The van der Waals surface area contributed by atoms with Crippen LogP contribution in [-0.2, 0) is 6.54 Å². The summed E-state index contributed by atoms with van der Waals surface area (Å²) in [6.07, 6.45) is 5.85. The van der Waals surface area contributed by atoms with Gasteiger partial charge in [-0.1, -0.05) is 6.92 Å². The second-order valence-corrected chi connectivity index (χ2v) is 4.48. The van der Waals surface area contributed by atoms with Gasteiger partial charge in [0.05, 0.1) is 18.6 Å². The van der Waals surface area contributed by atoms with Crippen LogP contribution in [0.2, 0.25) is 0 Å². The number of hydrogen-bond donors (Lipinski definition) is 3. The summed E-state index contributed by atoms with van der Waals surface area (Å²) in [6, 6.07) is 1.86. The third-order valence-electron chi connectivity index (χ3n) is 2.90. The molecule has 0 saturated carbocycles. The summed E-state index contributed by atoms with van der Waals surface area (Å²) >= 11 is 0. The lowest BCUT2D eigenvalue weighted by atomic mass is 10.4. The zero-order valence-corrected chi connectivity index (χ0v) is 11.7. The van der Waals surface area contributed by atoms with Crippen LogP contribution in [-0.4, -0.2) is 36.4 Å². The lowest BCUT2D eigenvalue weighted by molar-refractivity contribution is 0.951. The molecule has 0 spiro atoms. The summed E-state index contributed by atoms with van der Waals surface area (Å²) in [7, 11) is 0. The smallest absolute Gasteiger partial charge is 0.226 e. The molecule has 8 heteroatoms. The van der Waals surface area contributed by atoms with E-state index in [9.17, 15) is 0 Å².